The van der Waals surface area contributed by atoms with Crippen LogP contribution in [-0.4, -0.2) is 41.9 Å². The largest absolute Gasteiger partial charge is 0.367 e. The molecule has 2 unspecified atom stereocenters. The Balaban J connectivity index is 2.82. The first-order valence-corrected chi connectivity index (χ1v) is 9.14. The Bertz CT molecular complexity index is 529. The first-order valence-electron chi connectivity index (χ1n) is 5.52. The van der Waals surface area contributed by atoms with Gasteiger partial charge in [0.1, 0.15) is 10.7 Å². The molecule has 0 saturated heterocycles. The molecule has 0 aliphatic heterocycles. The van der Waals surface area contributed by atoms with E-state index >= 15 is 0 Å². The van der Waals surface area contributed by atoms with Crippen molar-refractivity contribution in [2.75, 3.05) is 23.6 Å². The molecular formula is C11H18N2O3S2. The van der Waals surface area contributed by atoms with E-state index in [4.69, 9.17) is 0 Å². The van der Waals surface area contributed by atoms with Gasteiger partial charge in [-0.1, -0.05) is 0 Å². The molecule has 102 valence electrons. The van der Waals surface area contributed by atoms with E-state index in [9.17, 15) is 12.6 Å². The Morgan fingerprint density at radius 1 is 1.50 bits per heavy atom. The molecule has 0 aliphatic rings. The Morgan fingerprint density at radius 3 is 2.72 bits per heavy atom. The molecule has 1 N–H and O–H groups in total. The normalized spacial score (nSPS) is 15.1. The van der Waals surface area contributed by atoms with Crippen molar-refractivity contribution in [2.24, 2.45) is 0 Å². The zero-order valence-electron chi connectivity index (χ0n) is 10.7. The summed E-state index contributed by atoms with van der Waals surface area (Å²) < 4.78 is 34.1. The van der Waals surface area contributed by atoms with Gasteiger partial charge in [0.05, 0.1) is 0 Å². The van der Waals surface area contributed by atoms with Gasteiger partial charge >= 0.3 is 0 Å². The molecule has 0 aromatic carbocycles. The van der Waals surface area contributed by atoms with Crippen LogP contribution in [0.25, 0.3) is 0 Å². The third kappa shape index (κ3) is 4.73. The lowest BCUT2D eigenvalue weighted by Crippen LogP contribution is -2.20. The van der Waals surface area contributed by atoms with Crippen molar-refractivity contribution in [1.82, 2.24) is 4.98 Å². The fraction of sp³-hybridized carbons (Fsp3) is 0.545. The molecule has 1 aromatic rings. The average Bonchev–Trinajstić information content (AvgIpc) is 2.25. The van der Waals surface area contributed by atoms with Crippen LogP contribution in [0.3, 0.4) is 0 Å². The van der Waals surface area contributed by atoms with Gasteiger partial charge in [-0.15, -0.1) is 0 Å². The van der Waals surface area contributed by atoms with E-state index < -0.39 is 20.6 Å². The summed E-state index contributed by atoms with van der Waals surface area (Å²) in [6, 6.07) is 3.13. The summed E-state index contributed by atoms with van der Waals surface area (Å²) in [4.78, 5) is 4.24. The zero-order valence-corrected chi connectivity index (χ0v) is 12.3. The predicted molar refractivity (Wildman–Crippen MR) is 74.0 cm³/mol. The van der Waals surface area contributed by atoms with Crippen LogP contribution in [0.1, 0.15) is 13.3 Å². The van der Waals surface area contributed by atoms with Crippen LogP contribution < -0.4 is 5.32 Å². The van der Waals surface area contributed by atoms with Crippen molar-refractivity contribution in [3.05, 3.63) is 18.3 Å². The van der Waals surface area contributed by atoms with Crippen LogP contribution in [-0.2, 0) is 20.6 Å². The topological polar surface area (TPSA) is 76.1 Å². The second-order valence-electron chi connectivity index (χ2n) is 4.23. The number of anilines is 1. The van der Waals surface area contributed by atoms with Gasteiger partial charge in [0.25, 0.3) is 0 Å². The average molecular weight is 290 g/mol. The molecule has 0 radical (unpaired) electrons. The minimum absolute atomic E-state index is 0.0179. The molecule has 0 spiro atoms. The molecule has 0 bridgehead atoms. The first kappa shape index (κ1) is 15.1. The lowest BCUT2D eigenvalue weighted by Gasteiger charge is -2.15. The maximum absolute atomic E-state index is 11.6. The van der Waals surface area contributed by atoms with Crippen molar-refractivity contribution in [3.8, 4) is 0 Å². The van der Waals surface area contributed by atoms with Gasteiger partial charge in [-0.2, -0.15) is 0 Å². The second kappa shape index (κ2) is 6.29. The van der Waals surface area contributed by atoms with Gasteiger partial charge in [0.15, 0.2) is 9.84 Å². The summed E-state index contributed by atoms with van der Waals surface area (Å²) in [5.74, 6) is 0.934. The van der Waals surface area contributed by atoms with Crippen LogP contribution in [0.4, 0.5) is 5.82 Å². The Morgan fingerprint density at radius 2 is 2.17 bits per heavy atom. The highest BCUT2D eigenvalue weighted by Gasteiger charge is 2.15. The zero-order chi connectivity index (χ0) is 13.8. The van der Waals surface area contributed by atoms with Crippen molar-refractivity contribution in [3.63, 3.8) is 0 Å². The molecule has 7 heteroatoms. The third-order valence-electron chi connectivity index (χ3n) is 2.39. The molecule has 1 aromatic heterocycles. The summed E-state index contributed by atoms with van der Waals surface area (Å²) in [5.41, 5.74) is 0. The molecule has 0 amide bonds. The van der Waals surface area contributed by atoms with E-state index in [1.54, 1.807) is 18.5 Å². The standard InChI is InChI=1S/C11H18N2O3S2/c1-9(6-8-17(2)14)13-11-10(18(3,15)16)5-4-7-12-11/h4-5,7,9H,6,8H2,1-3H3,(H,12,13). The minimum Gasteiger partial charge on any atom is -0.367 e. The number of rotatable bonds is 6. The number of hydrogen-bond acceptors (Lipinski definition) is 5. The third-order valence-corrected chi connectivity index (χ3v) is 4.33. The SMILES string of the molecule is CC(CCS(C)=O)Nc1ncccc1S(C)(=O)=O. The van der Waals surface area contributed by atoms with E-state index in [2.05, 4.69) is 10.3 Å². The first-order chi connectivity index (χ1) is 8.30. The lowest BCUT2D eigenvalue weighted by molar-refractivity contribution is 0.601. The summed E-state index contributed by atoms with van der Waals surface area (Å²) in [6.07, 6.45) is 5.04. The van der Waals surface area contributed by atoms with Crippen LogP contribution in [0.5, 0.6) is 0 Å². The molecule has 2 atom stereocenters. The maximum atomic E-state index is 11.6. The monoisotopic (exact) mass is 290 g/mol. The molecule has 5 nitrogen and oxygen atoms in total. The highest BCUT2D eigenvalue weighted by atomic mass is 32.2. The molecule has 0 aliphatic carbocycles. The van der Waals surface area contributed by atoms with Gasteiger partial charge in [-0.05, 0) is 25.5 Å². The molecule has 0 saturated carbocycles. The van der Waals surface area contributed by atoms with E-state index in [1.807, 2.05) is 6.92 Å². The number of hydrogen-bond donors (Lipinski definition) is 1. The van der Waals surface area contributed by atoms with Gasteiger partial charge in [-0.25, -0.2) is 13.4 Å². The molecule has 1 rings (SSSR count). The van der Waals surface area contributed by atoms with Gasteiger partial charge < -0.3 is 5.32 Å². The lowest BCUT2D eigenvalue weighted by atomic mass is 10.2. The number of nitrogens with zero attached hydrogens (tertiary/aromatic N) is 1. The van der Waals surface area contributed by atoms with Crippen molar-refractivity contribution < 1.29 is 12.6 Å². The van der Waals surface area contributed by atoms with Gasteiger partial charge in [0.2, 0.25) is 0 Å². The number of pyridine rings is 1. The minimum atomic E-state index is -3.30. The summed E-state index contributed by atoms with van der Waals surface area (Å²) >= 11 is 0. The number of aromatic nitrogens is 1. The Labute approximate surface area is 110 Å². The van der Waals surface area contributed by atoms with Gasteiger partial charge in [-0.3, -0.25) is 4.21 Å². The fourth-order valence-electron chi connectivity index (χ4n) is 1.45. The number of sulfone groups is 1. The summed E-state index contributed by atoms with van der Waals surface area (Å²) in [7, 11) is -4.14. The smallest absolute Gasteiger partial charge is 0.179 e. The van der Waals surface area contributed by atoms with Crippen LogP contribution in [0, 0.1) is 0 Å². The Kier molecular flexibility index (Phi) is 5.28. The van der Waals surface area contributed by atoms with Gasteiger partial charge in [0, 0.05) is 41.3 Å². The highest BCUT2D eigenvalue weighted by Crippen LogP contribution is 2.18. The van der Waals surface area contributed by atoms with Crippen LogP contribution >= 0.6 is 0 Å². The summed E-state index contributed by atoms with van der Waals surface area (Å²) in [5, 5.41) is 3.05. The summed E-state index contributed by atoms with van der Waals surface area (Å²) in [6.45, 7) is 1.91. The molecule has 0 fully saturated rings. The van der Waals surface area contributed by atoms with E-state index in [0.717, 1.165) is 6.26 Å². The van der Waals surface area contributed by atoms with Crippen LogP contribution in [0.15, 0.2) is 23.2 Å². The second-order valence-corrected chi connectivity index (χ2v) is 7.77. The van der Waals surface area contributed by atoms with Crippen molar-refractivity contribution in [2.45, 2.75) is 24.3 Å². The quantitative estimate of drug-likeness (QED) is 0.847. The molecule has 18 heavy (non-hydrogen) atoms. The van der Waals surface area contributed by atoms with Crippen LogP contribution in [0.2, 0.25) is 0 Å². The molecule has 1 heterocycles. The van der Waals surface area contributed by atoms with Crippen molar-refractivity contribution >= 4 is 26.5 Å². The predicted octanol–water partition coefficient (Wildman–Crippen LogP) is 1.05. The van der Waals surface area contributed by atoms with E-state index in [1.165, 1.54) is 6.07 Å². The fourth-order valence-corrected chi connectivity index (χ4v) is 2.92. The van der Waals surface area contributed by atoms with E-state index in [0.29, 0.717) is 18.0 Å². The van der Waals surface area contributed by atoms with Crippen molar-refractivity contribution in [1.29, 1.82) is 0 Å². The highest BCUT2D eigenvalue weighted by molar-refractivity contribution is 7.90. The number of nitrogens with one attached hydrogen (secondary N) is 1. The van der Waals surface area contributed by atoms with E-state index in [-0.39, 0.29) is 10.9 Å². The molecular weight excluding hydrogens is 272 g/mol. The Hall–Kier alpha value is -0.950. The maximum Gasteiger partial charge on any atom is 0.179 e.